The van der Waals surface area contributed by atoms with E-state index < -0.39 is 11.7 Å². The van der Waals surface area contributed by atoms with Gasteiger partial charge in [-0.1, -0.05) is 24.2 Å². The number of aryl methyl sites for hydroxylation is 1. The largest absolute Gasteiger partial charge is 0.416 e. The Morgan fingerprint density at radius 1 is 1.27 bits per heavy atom. The van der Waals surface area contributed by atoms with Gasteiger partial charge >= 0.3 is 6.18 Å². The lowest BCUT2D eigenvalue weighted by molar-refractivity contribution is -0.137. The number of halogens is 3. The van der Waals surface area contributed by atoms with Crippen LogP contribution in [0.2, 0.25) is 0 Å². The number of hydrogen-bond acceptors (Lipinski definition) is 4. The van der Waals surface area contributed by atoms with Crippen molar-refractivity contribution in [1.29, 1.82) is 0 Å². The summed E-state index contributed by atoms with van der Waals surface area (Å²) in [4.78, 5) is 19.6. The second-order valence-electron chi connectivity index (χ2n) is 7.78. The molecule has 2 heterocycles. The minimum atomic E-state index is -4.47. The van der Waals surface area contributed by atoms with Crippen LogP contribution in [-0.2, 0) is 6.18 Å². The summed E-state index contributed by atoms with van der Waals surface area (Å²) in [6.07, 6.45) is -1.43. The van der Waals surface area contributed by atoms with Crippen molar-refractivity contribution in [3.05, 3.63) is 47.2 Å². The maximum atomic E-state index is 13.4. The Hall–Kier alpha value is -2.90. The molecule has 0 bridgehead atoms. The number of pyridine rings is 1. The molecule has 2 aromatic heterocycles. The summed E-state index contributed by atoms with van der Waals surface area (Å²) in [5.74, 6) is 0.347. The molecule has 1 aliphatic rings. The maximum absolute atomic E-state index is 13.4. The van der Waals surface area contributed by atoms with Gasteiger partial charge in [0.15, 0.2) is 0 Å². The standard InChI is InChI=1S/C22H22F3N3O2/c1-3-9-28(12-14-7-8-14)21(29)17-11-18(26-20-19(17)13(2)27-30-20)15-5-4-6-16(10-15)22(23,24)25/h4-6,10-11,14H,3,7-9,12H2,1-2H3. The number of rotatable bonds is 6. The van der Waals surface area contributed by atoms with Crippen molar-refractivity contribution in [2.75, 3.05) is 13.1 Å². The summed E-state index contributed by atoms with van der Waals surface area (Å²) in [5, 5.41) is 4.43. The van der Waals surface area contributed by atoms with Gasteiger partial charge < -0.3 is 9.42 Å². The van der Waals surface area contributed by atoms with Gasteiger partial charge in [-0.3, -0.25) is 4.79 Å². The molecular formula is C22H22F3N3O2. The van der Waals surface area contributed by atoms with Gasteiger partial charge in [-0.15, -0.1) is 0 Å². The van der Waals surface area contributed by atoms with E-state index >= 15 is 0 Å². The Labute approximate surface area is 171 Å². The highest BCUT2D eigenvalue weighted by Gasteiger charge is 2.31. The molecule has 30 heavy (non-hydrogen) atoms. The molecule has 1 amide bonds. The fourth-order valence-electron chi connectivity index (χ4n) is 3.59. The number of amides is 1. The van der Waals surface area contributed by atoms with Crippen molar-refractivity contribution in [3.8, 4) is 11.3 Å². The van der Waals surface area contributed by atoms with Crippen LogP contribution in [0.25, 0.3) is 22.4 Å². The van der Waals surface area contributed by atoms with Crippen molar-refractivity contribution >= 4 is 17.0 Å². The predicted octanol–water partition coefficient (Wildman–Crippen LogP) is 5.48. The zero-order valence-electron chi connectivity index (χ0n) is 16.8. The van der Waals surface area contributed by atoms with Crippen LogP contribution in [0, 0.1) is 12.8 Å². The fraction of sp³-hybridized carbons (Fsp3) is 0.409. The van der Waals surface area contributed by atoms with Gasteiger partial charge in [0.05, 0.1) is 27.9 Å². The first-order chi connectivity index (χ1) is 14.3. The number of alkyl halides is 3. The molecule has 1 fully saturated rings. The number of fused-ring (bicyclic) bond motifs is 1. The third-order valence-electron chi connectivity index (χ3n) is 5.29. The van der Waals surface area contributed by atoms with Crippen LogP contribution in [0.5, 0.6) is 0 Å². The van der Waals surface area contributed by atoms with Crippen molar-refractivity contribution in [2.45, 2.75) is 39.3 Å². The van der Waals surface area contributed by atoms with Gasteiger partial charge in [0.25, 0.3) is 11.6 Å². The molecule has 0 N–H and O–H groups in total. The molecule has 1 saturated carbocycles. The van der Waals surface area contributed by atoms with Gasteiger partial charge in [0, 0.05) is 18.7 Å². The molecule has 0 saturated heterocycles. The Kier molecular flexibility index (Phi) is 5.26. The van der Waals surface area contributed by atoms with E-state index in [4.69, 9.17) is 4.52 Å². The second kappa shape index (κ2) is 7.74. The number of nitrogens with zero attached hydrogens (tertiary/aromatic N) is 3. The van der Waals surface area contributed by atoms with Gasteiger partial charge in [-0.2, -0.15) is 13.2 Å². The summed E-state index contributed by atoms with van der Waals surface area (Å²) in [6, 6.07) is 6.45. The van der Waals surface area contributed by atoms with Crippen molar-refractivity contribution in [2.24, 2.45) is 5.92 Å². The predicted molar refractivity (Wildman–Crippen MR) is 106 cm³/mol. The highest BCUT2D eigenvalue weighted by atomic mass is 19.4. The molecule has 158 valence electrons. The van der Waals surface area contributed by atoms with Crippen LogP contribution in [0.4, 0.5) is 13.2 Å². The van der Waals surface area contributed by atoms with Crippen LogP contribution in [-0.4, -0.2) is 34.0 Å². The molecule has 8 heteroatoms. The minimum absolute atomic E-state index is 0.147. The van der Waals surface area contributed by atoms with Gasteiger partial charge in [0.1, 0.15) is 0 Å². The van der Waals surface area contributed by atoms with Crippen molar-refractivity contribution < 1.29 is 22.5 Å². The molecule has 0 spiro atoms. The van der Waals surface area contributed by atoms with E-state index in [1.807, 2.05) is 11.8 Å². The van der Waals surface area contributed by atoms with E-state index in [1.165, 1.54) is 12.1 Å². The normalized spacial score (nSPS) is 14.3. The maximum Gasteiger partial charge on any atom is 0.416 e. The highest BCUT2D eigenvalue weighted by Crippen LogP contribution is 2.34. The quantitative estimate of drug-likeness (QED) is 0.533. The molecule has 1 aliphatic carbocycles. The Morgan fingerprint density at radius 2 is 2.03 bits per heavy atom. The van der Waals surface area contributed by atoms with Crippen LogP contribution >= 0.6 is 0 Å². The minimum Gasteiger partial charge on any atom is -0.338 e. The van der Waals surface area contributed by atoms with Crippen LogP contribution < -0.4 is 0 Å². The van der Waals surface area contributed by atoms with E-state index in [1.54, 1.807) is 13.0 Å². The summed E-state index contributed by atoms with van der Waals surface area (Å²) >= 11 is 0. The number of carbonyl (C=O) groups excluding carboxylic acids is 1. The van der Waals surface area contributed by atoms with E-state index in [-0.39, 0.29) is 22.9 Å². The first-order valence-electron chi connectivity index (χ1n) is 10.0. The average molecular weight is 417 g/mol. The lowest BCUT2D eigenvalue weighted by Gasteiger charge is -2.22. The molecule has 0 unspecified atom stereocenters. The SMILES string of the molecule is CCCN(CC1CC1)C(=O)c1cc(-c2cccc(C(F)(F)F)c2)nc2onc(C)c12. The zero-order chi connectivity index (χ0) is 21.5. The molecule has 4 rings (SSSR count). The monoisotopic (exact) mass is 417 g/mol. The molecule has 0 atom stereocenters. The number of benzene rings is 1. The summed E-state index contributed by atoms with van der Waals surface area (Å²) in [5.41, 5.74) is 0.771. The molecule has 0 aliphatic heterocycles. The summed E-state index contributed by atoms with van der Waals surface area (Å²) < 4.78 is 44.7. The Morgan fingerprint density at radius 3 is 2.70 bits per heavy atom. The van der Waals surface area contributed by atoms with Crippen molar-refractivity contribution in [3.63, 3.8) is 0 Å². The number of carbonyl (C=O) groups is 1. The first kappa shape index (κ1) is 20.4. The topological polar surface area (TPSA) is 59.2 Å². The number of aromatic nitrogens is 2. The first-order valence-corrected chi connectivity index (χ1v) is 10.0. The fourth-order valence-corrected chi connectivity index (χ4v) is 3.59. The van der Waals surface area contributed by atoms with Gasteiger partial charge in [-0.05, 0) is 50.3 Å². The second-order valence-corrected chi connectivity index (χ2v) is 7.78. The van der Waals surface area contributed by atoms with Crippen LogP contribution in [0.3, 0.4) is 0 Å². The van der Waals surface area contributed by atoms with Crippen LogP contribution in [0.15, 0.2) is 34.9 Å². The van der Waals surface area contributed by atoms with E-state index in [2.05, 4.69) is 10.1 Å². The van der Waals surface area contributed by atoms with E-state index in [0.29, 0.717) is 35.7 Å². The molecule has 0 radical (unpaired) electrons. The summed E-state index contributed by atoms with van der Waals surface area (Å²) in [6.45, 7) is 5.02. The molecule has 5 nitrogen and oxygen atoms in total. The van der Waals surface area contributed by atoms with Gasteiger partial charge in [-0.25, -0.2) is 4.98 Å². The smallest absolute Gasteiger partial charge is 0.338 e. The van der Waals surface area contributed by atoms with Crippen molar-refractivity contribution in [1.82, 2.24) is 15.0 Å². The third kappa shape index (κ3) is 4.04. The average Bonchev–Trinajstić information content (AvgIpc) is 3.46. The Bertz CT molecular complexity index is 1090. The molecule has 1 aromatic carbocycles. The van der Waals surface area contributed by atoms with Crippen LogP contribution in [0.1, 0.15) is 47.8 Å². The molecule has 3 aromatic rings. The molecular weight excluding hydrogens is 395 g/mol. The zero-order valence-corrected chi connectivity index (χ0v) is 16.8. The van der Waals surface area contributed by atoms with Gasteiger partial charge in [0.2, 0.25) is 0 Å². The summed E-state index contributed by atoms with van der Waals surface area (Å²) in [7, 11) is 0. The number of hydrogen-bond donors (Lipinski definition) is 0. The lowest BCUT2D eigenvalue weighted by atomic mass is 10.0. The lowest BCUT2D eigenvalue weighted by Crippen LogP contribution is -2.33. The van der Waals surface area contributed by atoms with E-state index in [9.17, 15) is 18.0 Å². The highest BCUT2D eigenvalue weighted by molar-refractivity contribution is 6.07. The van der Waals surface area contributed by atoms with E-state index in [0.717, 1.165) is 31.4 Å². The third-order valence-corrected chi connectivity index (χ3v) is 5.29. The Balaban J connectivity index is 1.81.